The Kier molecular flexibility index (Phi) is 4.95. The van der Waals surface area contributed by atoms with Crippen molar-refractivity contribution >= 4 is 15.9 Å². The minimum absolute atomic E-state index is 0.0776. The van der Waals surface area contributed by atoms with Crippen LogP contribution in [-0.4, -0.2) is 6.04 Å². The van der Waals surface area contributed by atoms with Crippen molar-refractivity contribution in [2.24, 2.45) is 5.73 Å². The van der Waals surface area contributed by atoms with Gasteiger partial charge in [0.05, 0.1) is 0 Å². The molecule has 0 aliphatic rings. The van der Waals surface area contributed by atoms with Crippen LogP contribution in [0.25, 0.3) is 0 Å². The van der Waals surface area contributed by atoms with E-state index in [0.29, 0.717) is 12.0 Å². The summed E-state index contributed by atoms with van der Waals surface area (Å²) in [6, 6.07) is 11.4. The Morgan fingerprint density at radius 2 is 1.75 bits per heavy atom. The zero-order valence-electron chi connectivity index (χ0n) is 11.8. The molecule has 0 saturated carbocycles. The second-order valence-electron chi connectivity index (χ2n) is 5.33. The van der Waals surface area contributed by atoms with Crippen LogP contribution in [0.5, 0.6) is 0 Å². The van der Waals surface area contributed by atoms with Crippen LogP contribution in [0.15, 0.2) is 40.9 Å². The van der Waals surface area contributed by atoms with E-state index in [9.17, 15) is 4.39 Å². The predicted molar refractivity (Wildman–Crippen MR) is 85.4 cm³/mol. The Morgan fingerprint density at radius 3 is 2.45 bits per heavy atom. The Balaban J connectivity index is 2.08. The van der Waals surface area contributed by atoms with Crippen molar-refractivity contribution in [1.82, 2.24) is 0 Å². The highest BCUT2D eigenvalue weighted by Gasteiger charge is 2.11. The monoisotopic (exact) mass is 335 g/mol. The largest absolute Gasteiger partial charge is 0.327 e. The third kappa shape index (κ3) is 3.90. The molecule has 1 nitrogen and oxygen atoms in total. The number of benzene rings is 2. The van der Waals surface area contributed by atoms with Crippen molar-refractivity contribution in [3.05, 3.63) is 68.9 Å². The zero-order chi connectivity index (χ0) is 14.7. The fourth-order valence-corrected chi connectivity index (χ4v) is 2.68. The second-order valence-corrected chi connectivity index (χ2v) is 6.25. The van der Waals surface area contributed by atoms with E-state index in [2.05, 4.69) is 48.0 Å². The van der Waals surface area contributed by atoms with Gasteiger partial charge in [-0.1, -0.05) is 45.8 Å². The summed E-state index contributed by atoms with van der Waals surface area (Å²) < 4.78 is 14.6. The number of hydrogen-bond donors (Lipinski definition) is 1. The molecule has 0 aliphatic heterocycles. The Labute approximate surface area is 128 Å². The molecule has 2 aromatic carbocycles. The van der Waals surface area contributed by atoms with Crippen molar-refractivity contribution in [3.63, 3.8) is 0 Å². The van der Waals surface area contributed by atoms with E-state index < -0.39 is 0 Å². The van der Waals surface area contributed by atoms with E-state index in [1.807, 2.05) is 6.07 Å². The van der Waals surface area contributed by atoms with Gasteiger partial charge in [0.1, 0.15) is 5.82 Å². The normalized spacial score (nSPS) is 12.4. The minimum Gasteiger partial charge on any atom is -0.327 e. The quantitative estimate of drug-likeness (QED) is 0.884. The molecule has 0 amide bonds. The highest BCUT2D eigenvalue weighted by atomic mass is 79.9. The molecule has 106 valence electrons. The lowest BCUT2D eigenvalue weighted by Gasteiger charge is -2.15. The molecule has 0 heterocycles. The molecule has 1 atom stereocenters. The summed E-state index contributed by atoms with van der Waals surface area (Å²) in [5, 5.41) is 0. The molecule has 0 aromatic heterocycles. The summed E-state index contributed by atoms with van der Waals surface area (Å²) in [6.07, 6.45) is 1.31. The first-order chi connectivity index (χ1) is 9.45. The van der Waals surface area contributed by atoms with E-state index in [4.69, 9.17) is 5.73 Å². The first kappa shape index (κ1) is 15.2. The number of halogens is 2. The van der Waals surface area contributed by atoms with Crippen molar-refractivity contribution < 1.29 is 4.39 Å². The van der Waals surface area contributed by atoms with Gasteiger partial charge in [0.25, 0.3) is 0 Å². The molecule has 0 fully saturated rings. The molecule has 3 heteroatoms. The van der Waals surface area contributed by atoms with E-state index in [0.717, 1.165) is 10.9 Å². The molecule has 1 unspecified atom stereocenters. The van der Waals surface area contributed by atoms with Crippen molar-refractivity contribution in [2.75, 3.05) is 0 Å². The van der Waals surface area contributed by atoms with Crippen LogP contribution in [0.3, 0.4) is 0 Å². The third-order valence-corrected chi connectivity index (χ3v) is 3.98. The van der Waals surface area contributed by atoms with E-state index >= 15 is 0 Å². The van der Waals surface area contributed by atoms with E-state index in [-0.39, 0.29) is 11.9 Å². The maximum Gasteiger partial charge on any atom is 0.127 e. The second kappa shape index (κ2) is 6.51. The average molecular weight is 336 g/mol. The van der Waals surface area contributed by atoms with Crippen LogP contribution in [-0.2, 0) is 12.8 Å². The summed E-state index contributed by atoms with van der Waals surface area (Å²) in [5.41, 5.74) is 10.6. The van der Waals surface area contributed by atoms with Crippen LogP contribution < -0.4 is 5.73 Å². The van der Waals surface area contributed by atoms with Crippen molar-refractivity contribution in [2.45, 2.75) is 32.7 Å². The van der Waals surface area contributed by atoms with Gasteiger partial charge in [-0.15, -0.1) is 0 Å². The van der Waals surface area contributed by atoms with Gasteiger partial charge >= 0.3 is 0 Å². The summed E-state index contributed by atoms with van der Waals surface area (Å²) in [6.45, 7) is 4.16. The lowest BCUT2D eigenvalue weighted by Crippen LogP contribution is -2.26. The molecule has 2 N–H and O–H groups in total. The van der Waals surface area contributed by atoms with Gasteiger partial charge < -0.3 is 5.73 Å². The zero-order valence-corrected chi connectivity index (χ0v) is 13.4. The Hall–Kier alpha value is -1.19. The lowest BCUT2D eigenvalue weighted by atomic mass is 9.95. The fourth-order valence-electron chi connectivity index (χ4n) is 2.34. The predicted octanol–water partition coefficient (Wildman–Crippen LogP) is 4.32. The molecule has 0 aliphatic carbocycles. The van der Waals surface area contributed by atoms with Crippen LogP contribution in [0.2, 0.25) is 0 Å². The number of aryl methyl sites for hydroxylation is 2. The Morgan fingerprint density at radius 1 is 1.05 bits per heavy atom. The van der Waals surface area contributed by atoms with Crippen molar-refractivity contribution in [3.8, 4) is 0 Å². The Bertz CT molecular complexity index is 610. The molecule has 2 aromatic rings. The topological polar surface area (TPSA) is 26.0 Å². The average Bonchev–Trinajstić information content (AvgIpc) is 2.37. The highest BCUT2D eigenvalue weighted by molar-refractivity contribution is 9.10. The molecule has 0 radical (unpaired) electrons. The highest BCUT2D eigenvalue weighted by Crippen LogP contribution is 2.18. The fraction of sp³-hybridized carbons (Fsp3) is 0.294. The van der Waals surface area contributed by atoms with Gasteiger partial charge in [-0.05, 0) is 55.5 Å². The van der Waals surface area contributed by atoms with Crippen molar-refractivity contribution in [1.29, 1.82) is 0 Å². The first-order valence-electron chi connectivity index (χ1n) is 6.71. The van der Waals surface area contributed by atoms with Gasteiger partial charge in [0, 0.05) is 10.5 Å². The maximum atomic E-state index is 13.8. The number of hydrogen-bond acceptors (Lipinski definition) is 1. The van der Waals surface area contributed by atoms with Crippen LogP contribution in [0, 0.1) is 19.7 Å². The summed E-state index contributed by atoms with van der Waals surface area (Å²) in [7, 11) is 0. The van der Waals surface area contributed by atoms with Crippen LogP contribution in [0.4, 0.5) is 4.39 Å². The first-order valence-corrected chi connectivity index (χ1v) is 7.50. The third-order valence-electron chi connectivity index (χ3n) is 3.48. The number of rotatable bonds is 4. The van der Waals surface area contributed by atoms with Gasteiger partial charge in [0.2, 0.25) is 0 Å². The lowest BCUT2D eigenvalue weighted by molar-refractivity contribution is 0.583. The van der Waals surface area contributed by atoms with Gasteiger partial charge in [-0.2, -0.15) is 0 Å². The molecular weight excluding hydrogens is 317 g/mol. The number of nitrogens with two attached hydrogens (primary N) is 1. The minimum atomic E-state index is -0.198. The molecule has 0 saturated heterocycles. The van der Waals surface area contributed by atoms with Crippen LogP contribution in [0.1, 0.15) is 22.3 Å². The van der Waals surface area contributed by atoms with E-state index in [1.165, 1.54) is 22.8 Å². The van der Waals surface area contributed by atoms with Gasteiger partial charge in [0.15, 0.2) is 0 Å². The maximum absolute atomic E-state index is 13.8. The summed E-state index contributed by atoms with van der Waals surface area (Å²) >= 11 is 3.26. The van der Waals surface area contributed by atoms with E-state index in [1.54, 1.807) is 6.07 Å². The molecule has 20 heavy (non-hydrogen) atoms. The SMILES string of the molecule is Cc1ccc(C)c(CC(N)Cc2ccc(Br)cc2F)c1. The molecule has 2 rings (SSSR count). The van der Waals surface area contributed by atoms with Gasteiger partial charge in [-0.3, -0.25) is 0 Å². The smallest absolute Gasteiger partial charge is 0.127 e. The standard InChI is InChI=1S/C17H19BrFN/c1-11-3-4-12(2)14(7-11)9-16(20)8-13-5-6-15(18)10-17(13)19/h3-7,10,16H,8-9,20H2,1-2H3. The molecule has 0 bridgehead atoms. The van der Waals surface area contributed by atoms with Crippen LogP contribution >= 0.6 is 15.9 Å². The molecule has 0 spiro atoms. The van der Waals surface area contributed by atoms with Gasteiger partial charge in [-0.25, -0.2) is 4.39 Å². The molecular formula is C17H19BrFN. The summed E-state index contributed by atoms with van der Waals surface area (Å²) in [5.74, 6) is -0.198. The summed E-state index contributed by atoms with van der Waals surface area (Å²) in [4.78, 5) is 0.